The van der Waals surface area contributed by atoms with Gasteiger partial charge >= 0.3 is 0 Å². The summed E-state index contributed by atoms with van der Waals surface area (Å²) >= 11 is 0. The number of hydrogen-bond acceptors (Lipinski definition) is 2. The molecule has 18 heavy (non-hydrogen) atoms. The molecule has 0 radical (unpaired) electrons. The molecule has 0 aliphatic heterocycles. The molecular weight excluding hydrogens is 224 g/mol. The molecule has 1 fully saturated rings. The molecular formula is C15H22N2O. The lowest BCUT2D eigenvalue weighted by molar-refractivity contribution is -0.117. The Morgan fingerprint density at radius 1 is 1.39 bits per heavy atom. The molecule has 0 saturated heterocycles. The largest absolute Gasteiger partial charge is 0.325 e. The summed E-state index contributed by atoms with van der Waals surface area (Å²) in [5, 5.41) is 6.32. The Balaban J connectivity index is 1.76. The Labute approximate surface area is 109 Å². The average Bonchev–Trinajstić information content (AvgIpc) is 3.09. The first-order valence-corrected chi connectivity index (χ1v) is 6.82. The number of rotatable bonds is 6. The van der Waals surface area contributed by atoms with Gasteiger partial charge in [0.2, 0.25) is 5.91 Å². The van der Waals surface area contributed by atoms with Gasteiger partial charge in [0.05, 0.1) is 6.04 Å². The molecule has 3 atom stereocenters. The van der Waals surface area contributed by atoms with E-state index in [0.717, 1.165) is 11.6 Å². The van der Waals surface area contributed by atoms with Gasteiger partial charge in [-0.1, -0.05) is 31.5 Å². The van der Waals surface area contributed by atoms with Gasteiger partial charge in [0.25, 0.3) is 0 Å². The zero-order chi connectivity index (χ0) is 13.0. The van der Waals surface area contributed by atoms with Crippen LogP contribution in [0.4, 0.5) is 5.69 Å². The SMILES string of the molecule is CCCC1CC1NC(C)C(=O)Nc1ccccc1. The molecule has 0 bridgehead atoms. The van der Waals surface area contributed by atoms with Gasteiger partial charge < -0.3 is 10.6 Å². The first-order chi connectivity index (χ1) is 8.70. The molecule has 1 aliphatic rings. The van der Waals surface area contributed by atoms with E-state index in [9.17, 15) is 4.79 Å². The minimum absolute atomic E-state index is 0.0448. The normalized spacial score (nSPS) is 23.4. The molecule has 1 aliphatic carbocycles. The molecule has 0 aromatic heterocycles. The lowest BCUT2D eigenvalue weighted by Gasteiger charge is -2.14. The monoisotopic (exact) mass is 246 g/mol. The topological polar surface area (TPSA) is 41.1 Å². The summed E-state index contributed by atoms with van der Waals surface area (Å²) in [7, 11) is 0. The predicted molar refractivity (Wildman–Crippen MR) is 74.5 cm³/mol. The first kappa shape index (κ1) is 13.1. The molecule has 1 aromatic rings. The standard InChI is InChI=1S/C15H22N2O/c1-3-7-12-10-14(12)16-11(2)15(18)17-13-8-5-4-6-9-13/h4-6,8-9,11-12,14,16H,3,7,10H2,1-2H3,(H,17,18). The van der Waals surface area contributed by atoms with Crippen molar-refractivity contribution in [2.45, 2.75) is 45.2 Å². The van der Waals surface area contributed by atoms with Crippen molar-refractivity contribution in [3.05, 3.63) is 30.3 Å². The molecule has 2 rings (SSSR count). The molecule has 1 saturated carbocycles. The van der Waals surface area contributed by atoms with Gasteiger partial charge in [-0.15, -0.1) is 0 Å². The minimum atomic E-state index is -0.128. The van der Waals surface area contributed by atoms with Gasteiger partial charge in [0.1, 0.15) is 0 Å². The third kappa shape index (κ3) is 3.57. The van der Waals surface area contributed by atoms with Gasteiger partial charge in [-0.05, 0) is 37.8 Å². The molecule has 0 spiro atoms. The number of benzene rings is 1. The Morgan fingerprint density at radius 3 is 2.78 bits per heavy atom. The van der Waals surface area contributed by atoms with Crippen molar-refractivity contribution in [2.24, 2.45) is 5.92 Å². The van der Waals surface area contributed by atoms with E-state index in [1.807, 2.05) is 37.3 Å². The number of para-hydroxylation sites is 1. The zero-order valence-corrected chi connectivity index (χ0v) is 11.1. The molecule has 3 unspecified atom stereocenters. The molecule has 1 aromatic carbocycles. The number of nitrogens with one attached hydrogen (secondary N) is 2. The second-order valence-corrected chi connectivity index (χ2v) is 5.13. The van der Waals surface area contributed by atoms with Crippen LogP contribution in [0.25, 0.3) is 0 Å². The van der Waals surface area contributed by atoms with Crippen LogP contribution in [0.15, 0.2) is 30.3 Å². The van der Waals surface area contributed by atoms with Crippen molar-refractivity contribution in [1.29, 1.82) is 0 Å². The summed E-state index contributed by atoms with van der Waals surface area (Å²) in [5.41, 5.74) is 0.858. The molecule has 3 nitrogen and oxygen atoms in total. The van der Waals surface area contributed by atoms with E-state index in [0.29, 0.717) is 6.04 Å². The highest BCUT2D eigenvalue weighted by Gasteiger charge is 2.37. The lowest BCUT2D eigenvalue weighted by Crippen LogP contribution is -2.39. The Bertz CT molecular complexity index is 391. The van der Waals surface area contributed by atoms with Crippen molar-refractivity contribution < 1.29 is 4.79 Å². The molecule has 3 heteroatoms. The third-order valence-corrected chi connectivity index (χ3v) is 3.48. The fourth-order valence-corrected chi connectivity index (χ4v) is 2.31. The van der Waals surface area contributed by atoms with Crippen LogP contribution in [0.3, 0.4) is 0 Å². The summed E-state index contributed by atoms with van der Waals surface area (Å²) in [6.07, 6.45) is 3.72. The predicted octanol–water partition coefficient (Wildman–Crippen LogP) is 2.79. The first-order valence-electron chi connectivity index (χ1n) is 6.82. The van der Waals surface area contributed by atoms with Crippen LogP contribution in [-0.2, 0) is 4.79 Å². The van der Waals surface area contributed by atoms with Crippen molar-refractivity contribution in [3.63, 3.8) is 0 Å². The van der Waals surface area contributed by atoms with E-state index >= 15 is 0 Å². The van der Waals surface area contributed by atoms with Crippen LogP contribution in [0.2, 0.25) is 0 Å². The second-order valence-electron chi connectivity index (χ2n) is 5.13. The Kier molecular flexibility index (Phi) is 4.37. The lowest BCUT2D eigenvalue weighted by atomic mass is 10.2. The van der Waals surface area contributed by atoms with Crippen molar-refractivity contribution >= 4 is 11.6 Å². The smallest absolute Gasteiger partial charge is 0.241 e. The fraction of sp³-hybridized carbons (Fsp3) is 0.533. The summed E-state index contributed by atoms with van der Waals surface area (Å²) in [6, 6.07) is 10.0. The third-order valence-electron chi connectivity index (χ3n) is 3.48. The summed E-state index contributed by atoms with van der Waals surface area (Å²) in [4.78, 5) is 12.0. The Hall–Kier alpha value is -1.35. The highest BCUT2D eigenvalue weighted by Crippen LogP contribution is 2.34. The van der Waals surface area contributed by atoms with Crippen LogP contribution >= 0.6 is 0 Å². The number of anilines is 1. The van der Waals surface area contributed by atoms with Crippen LogP contribution in [0.1, 0.15) is 33.1 Å². The highest BCUT2D eigenvalue weighted by molar-refractivity contribution is 5.94. The van der Waals surface area contributed by atoms with Gasteiger partial charge in [0, 0.05) is 11.7 Å². The molecule has 1 amide bonds. The highest BCUT2D eigenvalue weighted by atomic mass is 16.2. The zero-order valence-electron chi connectivity index (χ0n) is 11.1. The van der Waals surface area contributed by atoms with E-state index in [2.05, 4.69) is 17.6 Å². The second kappa shape index (κ2) is 6.01. The van der Waals surface area contributed by atoms with Crippen LogP contribution in [0, 0.1) is 5.92 Å². The van der Waals surface area contributed by atoms with Crippen molar-refractivity contribution in [2.75, 3.05) is 5.32 Å². The van der Waals surface area contributed by atoms with E-state index in [1.54, 1.807) is 0 Å². The van der Waals surface area contributed by atoms with Crippen LogP contribution < -0.4 is 10.6 Å². The van der Waals surface area contributed by atoms with Gasteiger partial charge in [-0.2, -0.15) is 0 Å². The number of amides is 1. The quantitative estimate of drug-likeness (QED) is 0.810. The van der Waals surface area contributed by atoms with E-state index in [-0.39, 0.29) is 11.9 Å². The van der Waals surface area contributed by atoms with Crippen LogP contribution in [-0.4, -0.2) is 18.0 Å². The number of carbonyl (C=O) groups excluding carboxylic acids is 1. The van der Waals surface area contributed by atoms with Gasteiger partial charge in [0.15, 0.2) is 0 Å². The van der Waals surface area contributed by atoms with E-state index in [4.69, 9.17) is 0 Å². The fourth-order valence-electron chi connectivity index (χ4n) is 2.31. The summed E-state index contributed by atoms with van der Waals surface area (Å²) in [5.74, 6) is 0.824. The Morgan fingerprint density at radius 2 is 2.11 bits per heavy atom. The number of carbonyl (C=O) groups is 1. The maximum absolute atomic E-state index is 12.0. The van der Waals surface area contributed by atoms with Crippen LogP contribution in [0.5, 0.6) is 0 Å². The van der Waals surface area contributed by atoms with E-state index in [1.165, 1.54) is 19.3 Å². The van der Waals surface area contributed by atoms with E-state index < -0.39 is 0 Å². The average molecular weight is 246 g/mol. The van der Waals surface area contributed by atoms with Crippen molar-refractivity contribution in [1.82, 2.24) is 5.32 Å². The maximum atomic E-state index is 12.0. The number of hydrogen-bond donors (Lipinski definition) is 2. The molecule has 0 heterocycles. The molecule has 98 valence electrons. The summed E-state index contributed by atoms with van der Waals surface area (Å²) < 4.78 is 0. The maximum Gasteiger partial charge on any atom is 0.241 e. The van der Waals surface area contributed by atoms with Gasteiger partial charge in [-0.3, -0.25) is 4.79 Å². The molecule has 2 N–H and O–H groups in total. The van der Waals surface area contributed by atoms with Gasteiger partial charge in [-0.25, -0.2) is 0 Å². The minimum Gasteiger partial charge on any atom is -0.325 e. The summed E-state index contributed by atoms with van der Waals surface area (Å²) in [6.45, 7) is 4.14. The van der Waals surface area contributed by atoms with Crippen molar-refractivity contribution in [3.8, 4) is 0 Å².